The molecule has 0 spiro atoms. The molecular weight excluding hydrogens is 208 g/mol. The lowest BCUT2D eigenvalue weighted by molar-refractivity contribution is 0.272. The molecule has 88 valence electrons. The van der Waals surface area contributed by atoms with Gasteiger partial charge in [0.05, 0.1) is 0 Å². The molecule has 3 heteroatoms. The standard InChI is InChI=1S/C13H17F2N/c1-9-4-5-16-8-11(9)6-10-2-3-12(14)13(15)7-10/h2-3,7,9,11,16H,4-6,8H2,1H3. The molecule has 0 saturated carbocycles. The zero-order valence-corrected chi connectivity index (χ0v) is 9.47. The number of halogens is 2. The van der Waals surface area contributed by atoms with Gasteiger partial charge in [0.15, 0.2) is 11.6 Å². The van der Waals surface area contributed by atoms with Crippen molar-refractivity contribution in [2.24, 2.45) is 11.8 Å². The van der Waals surface area contributed by atoms with E-state index in [4.69, 9.17) is 0 Å². The van der Waals surface area contributed by atoms with Crippen molar-refractivity contribution >= 4 is 0 Å². The Labute approximate surface area is 94.9 Å². The van der Waals surface area contributed by atoms with Crippen LogP contribution in [0.5, 0.6) is 0 Å². The molecule has 1 aromatic rings. The summed E-state index contributed by atoms with van der Waals surface area (Å²) in [5.74, 6) is -0.333. The predicted octanol–water partition coefficient (Wildman–Crippen LogP) is 2.75. The molecule has 1 fully saturated rings. The molecule has 0 radical (unpaired) electrons. The third-order valence-electron chi connectivity index (χ3n) is 3.47. The van der Waals surface area contributed by atoms with Gasteiger partial charge in [-0.3, -0.25) is 0 Å². The van der Waals surface area contributed by atoms with E-state index in [9.17, 15) is 8.78 Å². The minimum atomic E-state index is -0.765. The summed E-state index contributed by atoms with van der Waals surface area (Å²) in [6.45, 7) is 4.26. The summed E-state index contributed by atoms with van der Waals surface area (Å²) >= 11 is 0. The van der Waals surface area contributed by atoms with Crippen molar-refractivity contribution in [1.82, 2.24) is 5.32 Å². The Kier molecular flexibility index (Phi) is 3.54. The average molecular weight is 225 g/mol. The SMILES string of the molecule is CC1CCNCC1Cc1ccc(F)c(F)c1. The highest BCUT2D eigenvalue weighted by Gasteiger charge is 2.21. The summed E-state index contributed by atoms with van der Waals surface area (Å²) in [6, 6.07) is 4.21. The molecule has 2 atom stereocenters. The van der Waals surface area contributed by atoms with Gasteiger partial charge in [-0.2, -0.15) is 0 Å². The van der Waals surface area contributed by atoms with Gasteiger partial charge in [-0.15, -0.1) is 0 Å². The van der Waals surface area contributed by atoms with Gasteiger partial charge in [0, 0.05) is 0 Å². The van der Waals surface area contributed by atoms with Gasteiger partial charge in [-0.1, -0.05) is 13.0 Å². The molecule has 1 aliphatic heterocycles. The van der Waals surface area contributed by atoms with Gasteiger partial charge < -0.3 is 5.32 Å². The summed E-state index contributed by atoms with van der Waals surface area (Å²) in [6.07, 6.45) is 1.99. The second-order valence-corrected chi connectivity index (χ2v) is 4.68. The second-order valence-electron chi connectivity index (χ2n) is 4.68. The number of piperidine rings is 1. The summed E-state index contributed by atoms with van der Waals surface area (Å²) in [7, 11) is 0. The molecule has 0 aromatic heterocycles. The molecule has 2 unspecified atom stereocenters. The maximum absolute atomic E-state index is 13.0. The van der Waals surface area contributed by atoms with E-state index < -0.39 is 11.6 Å². The Morgan fingerprint density at radius 3 is 2.81 bits per heavy atom. The Morgan fingerprint density at radius 2 is 2.12 bits per heavy atom. The van der Waals surface area contributed by atoms with E-state index in [0.29, 0.717) is 11.8 Å². The average Bonchev–Trinajstić information content (AvgIpc) is 2.27. The van der Waals surface area contributed by atoms with E-state index >= 15 is 0 Å². The Hall–Kier alpha value is -0.960. The summed E-state index contributed by atoms with van der Waals surface area (Å²) in [4.78, 5) is 0. The first kappa shape index (κ1) is 11.5. The monoisotopic (exact) mass is 225 g/mol. The van der Waals surface area contributed by atoms with E-state index in [2.05, 4.69) is 12.2 Å². The highest BCUT2D eigenvalue weighted by atomic mass is 19.2. The molecule has 16 heavy (non-hydrogen) atoms. The number of rotatable bonds is 2. The van der Waals surface area contributed by atoms with Crippen LogP contribution in [-0.2, 0) is 6.42 Å². The zero-order valence-electron chi connectivity index (χ0n) is 9.47. The number of hydrogen-bond donors (Lipinski definition) is 1. The van der Waals surface area contributed by atoms with Crippen LogP contribution >= 0.6 is 0 Å². The third-order valence-corrected chi connectivity index (χ3v) is 3.47. The molecule has 1 heterocycles. The fourth-order valence-corrected chi connectivity index (χ4v) is 2.30. The largest absolute Gasteiger partial charge is 0.316 e. The topological polar surface area (TPSA) is 12.0 Å². The van der Waals surface area contributed by atoms with E-state index in [1.807, 2.05) is 0 Å². The van der Waals surface area contributed by atoms with Crippen molar-refractivity contribution in [1.29, 1.82) is 0 Å². The zero-order chi connectivity index (χ0) is 11.5. The van der Waals surface area contributed by atoms with E-state index in [1.165, 1.54) is 12.1 Å². The smallest absolute Gasteiger partial charge is 0.159 e. The quantitative estimate of drug-likeness (QED) is 0.816. The maximum Gasteiger partial charge on any atom is 0.159 e. The van der Waals surface area contributed by atoms with Crippen molar-refractivity contribution in [2.75, 3.05) is 13.1 Å². The van der Waals surface area contributed by atoms with Crippen molar-refractivity contribution in [2.45, 2.75) is 19.8 Å². The molecule has 0 amide bonds. The molecule has 1 N–H and O–H groups in total. The highest BCUT2D eigenvalue weighted by Crippen LogP contribution is 2.23. The van der Waals surface area contributed by atoms with Crippen molar-refractivity contribution in [3.63, 3.8) is 0 Å². The molecule has 2 rings (SSSR count). The van der Waals surface area contributed by atoms with Crippen molar-refractivity contribution < 1.29 is 8.78 Å². The Bertz CT molecular complexity index is 365. The normalized spacial score (nSPS) is 25.7. The highest BCUT2D eigenvalue weighted by molar-refractivity contribution is 5.18. The summed E-state index contributed by atoms with van der Waals surface area (Å²) in [5.41, 5.74) is 0.888. The fraction of sp³-hybridized carbons (Fsp3) is 0.538. The van der Waals surface area contributed by atoms with Crippen LogP contribution in [0.25, 0.3) is 0 Å². The maximum atomic E-state index is 13.0. The van der Waals surface area contributed by atoms with Crippen LogP contribution in [-0.4, -0.2) is 13.1 Å². The van der Waals surface area contributed by atoms with Crippen LogP contribution in [0.1, 0.15) is 18.9 Å². The molecular formula is C13H17F2N. The molecule has 0 aliphatic carbocycles. The lowest BCUT2D eigenvalue weighted by Crippen LogP contribution is -2.36. The van der Waals surface area contributed by atoms with Crippen molar-refractivity contribution in [3.05, 3.63) is 35.4 Å². The van der Waals surface area contributed by atoms with Crippen LogP contribution in [0.4, 0.5) is 8.78 Å². The number of hydrogen-bond acceptors (Lipinski definition) is 1. The molecule has 1 nitrogen and oxygen atoms in total. The van der Waals surface area contributed by atoms with Crippen LogP contribution in [0.3, 0.4) is 0 Å². The van der Waals surface area contributed by atoms with Crippen LogP contribution < -0.4 is 5.32 Å². The lowest BCUT2D eigenvalue weighted by atomic mass is 9.83. The van der Waals surface area contributed by atoms with Crippen LogP contribution in [0, 0.1) is 23.5 Å². The van der Waals surface area contributed by atoms with Gasteiger partial charge in [0.1, 0.15) is 0 Å². The van der Waals surface area contributed by atoms with Crippen LogP contribution in [0.15, 0.2) is 18.2 Å². The number of nitrogens with one attached hydrogen (secondary N) is 1. The first-order valence-corrected chi connectivity index (χ1v) is 5.81. The van der Waals surface area contributed by atoms with Gasteiger partial charge in [0.2, 0.25) is 0 Å². The van der Waals surface area contributed by atoms with E-state index in [-0.39, 0.29) is 0 Å². The fourth-order valence-electron chi connectivity index (χ4n) is 2.30. The first-order valence-electron chi connectivity index (χ1n) is 5.81. The van der Waals surface area contributed by atoms with Crippen LogP contribution in [0.2, 0.25) is 0 Å². The second kappa shape index (κ2) is 4.91. The van der Waals surface area contributed by atoms with Gasteiger partial charge in [-0.25, -0.2) is 8.78 Å². The van der Waals surface area contributed by atoms with E-state index in [1.54, 1.807) is 6.07 Å². The van der Waals surface area contributed by atoms with Gasteiger partial charge in [0.25, 0.3) is 0 Å². The lowest BCUT2D eigenvalue weighted by Gasteiger charge is -2.29. The third kappa shape index (κ3) is 2.59. The predicted molar refractivity (Wildman–Crippen MR) is 60.2 cm³/mol. The molecule has 1 aliphatic rings. The molecule has 0 bridgehead atoms. The summed E-state index contributed by atoms with van der Waals surface area (Å²) < 4.78 is 25.8. The van der Waals surface area contributed by atoms with Gasteiger partial charge in [-0.05, 0) is 55.5 Å². The Balaban J connectivity index is 2.05. The summed E-state index contributed by atoms with van der Waals surface area (Å²) in [5, 5.41) is 3.34. The minimum Gasteiger partial charge on any atom is -0.316 e. The number of benzene rings is 1. The van der Waals surface area contributed by atoms with Crippen molar-refractivity contribution in [3.8, 4) is 0 Å². The van der Waals surface area contributed by atoms with Gasteiger partial charge >= 0.3 is 0 Å². The Morgan fingerprint density at radius 1 is 1.31 bits per heavy atom. The molecule has 1 saturated heterocycles. The minimum absolute atomic E-state index is 0.526. The van der Waals surface area contributed by atoms with E-state index in [0.717, 1.165) is 31.5 Å². The first-order chi connectivity index (χ1) is 7.66. The molecule has 1 aromatic carbocycles.